The van der Waals surface area contributed by atoms with Crippen LogP contribution < -0.4 is 25.5 Å². The van der Waals surface area contributed by atoms with Crippen LogP contribution in [-0.4, -0.2) is 41.3 Å². The summed E-state index contributed by atoms with van der Waals surface area (Å²) in [5.41, 5.74) is 5.39. The maximum atomic E-state index is 12.7. The minimum Gasteiger partial charge on any atom is -0.487 e. The van der Waals surface area contributed by atoms with Gasteiger partial charge in [-0.2, -0.15) is 5.10 Å². The molecule has 234 valence electrons. The van der Waals surface area contributed by atoms with E-state index in [2.05, 4.69) is 66.3 Å². The van der Waals surface area contributed by atoms with Gasteiger partial charge in [-0.25, -0.2) is 10.2 Å². The number of hydrogen-bond donors (Lipinski definition) is 3. The molecule has 3 aromatic carbocycles. The molecule has 0 bridgehead atoms. The van der Waals surface area contributed by atoms with E-state index in [0.717, 1.165) is 12.7 Å². The van der Waals surface area contributed by atoms with Crippen molar-refractivity contribution >= 4 is 86.3 Å². The summed E-state index contributed by atoms with van der Waals surface area (Å²) in [5.74, 6) is 0.0404. The summed E-state index contributed by atoms with van der Waals surface area (Å²) in [6, 6.07) is 16.3. The molecule has 3 N–H and O–H groups in total. The number of halogens is 2. The number of thiocarbonyl (C=S) groups is 1. The van der Waals surface area contributed by atoms with Gasteiger partial charge in [0.2, 0.25) is 0 Å². The quantitative estimate of drug-likeness (QED) is 0.0549. The van der Waals surface area contributed by atoms with Crippen molar-refractivity contribution in [3.63, 3.8) is 0 Å². The number of esters is 1. The first-order chi connectivity index (χ1) is 21.6. The van der Waals surface area contributed by atoms with Crippen LogP contribution in [0.4, 0.5) is 5.69 Å². The molecule has 15 heteroatoms. The molecule has 0 fully saturated rings. The van der Waals surface area contributed by atoms with E-state index in [4.69, 9.17) is 26.4 Å². The summed E-state index contributed by atoms with van der Waals surface area (Å²) < 4.78 is 18.6. The van der Waals surface area contributed by atoms with Crippen LogP contribution in [0.2, 0.25) is 0 Å². The third kappa shape index (κ3) is 9.10. The topological polar surface area (TPSA) is 153 Å². The molecular weight excluding hydrogens is 828 g/mol. The summed E-state index contributed by atoms with van der Waals surface area (Å²) in [7, 11) is 0. The molecule has 12 nitrogen and oxygen atoms in total. The number of ether oxygens (including phenoxy) is 3. The minimum absolute atomic E-state index is 0.00233. The average molecular weight is 855 g/mol. The van der Waals surface area contributed by atoms with Crippen LogP contribution in [0.3, 0.4) is 0 Å². The lowest BCUT2D eigenvalue weighted by Crippen LogP contribution is -2.45. The van der Waals surface area contributed by atoms with Crippen LogP contribution in [0.15, 0.2) is 77.0 Å². The monoisotopic (exact) mass is 855 g/mol. The number of carbonyl (C=O) groups is 2. The van der Waals surface area contributed by atoms with Gasteiger partial charge in [0, 0.05) is 23.4 Å². The zero-order chi connectivity index (χ0) is 32.5. The van der Waals surface area contributed by atoms with E-state index in [9.17, 15) is 19.7 Å². The molecule has 1 aliphatic rings. The van der Waals surface area contributed by atoms with Gasteiger partial charge in [0.05, 0.1) is 36.5 Å². The lowest BCUT2D eigenvalue weighted by atomic mass is 9.95. The molecule has 1 aliphatic heterocycles. The number of hydrazone groups is 1. The second-order valence-corrected chi connectivity index (χ2v) is 12.2. The predicted octanol–water partition coefficient (Wildman–Crippen LogP) is 5.27. The highest BCUT2D eigenvalue weighted by Gasteiger charge is 2.32. The van der Waals surface area contributed by atoms with Gasteiger partial charge in [-0.1, -0.05) is 30.3 Å². The molecule has 1 heterocycles. The molecular formula is C30H27I2N5O7S. The van der Waals surface area contributed by atoms with Crippen molar-refractivity contribution in [2.24, 2.45) is 5.10 Å². The van der Waals surface area contributed by atoms with Crippen LogP contribution in [0.25, 0.3) is 0 Å². The number of non-ortho nitro benzene ring substituents is 1. The zero-order valence-corrected chi connectivity index (χ0v) is 29.1. The van der Waals surface area contributed by atoms with Gasteiger partial charge < -0.3 is 24.8 Å². The number of nitro benzene ring substituents is 1. The Morgan fingerprint density at radius 3 is 2.56 bits per heavy atom. The molecule has 1 amide bonds. The van der Waals surface area contributed by atoms with Crippen molar-refractivity contribution in [2.45, 2.75) is 26.5 Å². The molecule has 0 saturated carbocycles. The van der Waals surface area contributed by atoms with Crippen molar-refractivity contribution in [1.82, 2.24) is 16.1 Å². The lowest BCUT2D eigenvalue weighted by molar-refractivity contribution is -0.384. The first kappa shape index (κ1) is 34.0. The van der Waals surface area contributed by atoms with E-state index in [1.54, 1.807) is 50.2 Å². The van der Waals surface area contributed by atoms with E-state index in [-0.39, 0.29) is 25.5 Å². The molecule has 0 saturated heterocycles. The standard InChI is InChI=1S/C30H27I2N5O7S/c1-3-42-29(39)26-17(2)34-30(45)35-27(26)21-9-4-5-10-24(21)43-16-25(38)36-33-14-19-12-22(31)28(23(32)13-19)44-15-18-7-6-8-20(11-18)37(40)41/h4-14,27H,3,15-16H2,1-2H3,(H,36,38)(H2,34,35,45)/t27-/m1/s1. The SMILES string of the molecule is CCOC(=O)C1=C(C)NC(=S)N[C@@H]1c1ccccc1OCC(=O)NN=Cc1cc(I)c(OCc2cccc([N+](=O)[O-])c2)c(I)c1. The van der Waals surface area contributed by atoms with Crippen LogP contribution in [0.1, 0.15) is 36.6 Å². The maximum absolute atomic E-state index is 12.7. The Kier molecular flexibility index (Phi) is 12.1. The molecule has 45 heavy (non-hydrogen) atoms. The minimum atomic E-state index is -0.641. The lowest BCUT2D eigenvalue weighted by Gasteiger charge is -2.30. The van der Waals surface area contributed by atoms with Crippen molar-refractivity contribution in [2.75, 3.05) is 13.2 Å². The van der Waals surface area contributed by atoms with Crippen molar-refractivity contribution in [1.29, 1.82) is 0 Å². The fourth-order valence-corrected chi connectivity index (χ4v) is 6.72. The van der Waals surface area contributed by atoms with Crippen LogP contribution in [-0.2, 0) is 20.9 Å². The van der Waals surface area contributed by atoms with E-state index in [1.165, 1.54) is 18.3 Å². The Balaban J connectivity index is 1.37. The van der Waals surface area contributed by atoms with E-state index >= 15 is 0 Å². The number of rotatable bonds is 12. The molecule has 0 spiro atoms. The van der Waals surface area contributed by atoms with Gasteiger partial charge in [-0.15, -0.1) is 0 Å². The maximum Gasteiger partial charge on any atom is 0.338 e. The molecule has 0 aromatic heterocycles. The van der Waals surface area contributed by atoms with E-state index in [0.29, 0.717) is 39.0 Å². The number of carbonyl (C=O) groups excluding carboxylic acids is 2. The Bertz CT molecular complexity index is 1680. The largest absolute Gasteiger partial charge is 0.487 e. The molecule has 1 atom stereocenters. The number of para-hydroxylation sites is 1. The molecule has 3 aromatic rings. The molecule has 0 aliphatic carbocycles. The summed E-state index contributed by atoms with van der Waals surface area (Å²) in [4.78, 5) is 35.9. The van der Waals surface area contributed by atoms with Gasteiger partial charge in [0.1, 0.15) is 18.1 Å². The van der Waals surface area contributed by atoms with E-state index < -0.39 is 22.8 Å². The molecule has 0 unspecified atom stereocenters. The Morgan fingerprint density at radius 1 is 1.11 bits per heavy atom. The second-order valence-electron chi connectivity index (χ2n) is 9.44. The fraction of sp³-hybridized carbons (Fsp3) is 0.200. The highest BCUT2D eigenvalue weighted by atomic mass is 127. The number of nitrogens with zero attached hydrogens (tertiary/aromatic N) is 2. The van der Waals surface area contributed by atoms with Gasteiger partial charge in [0.25, 0.3) is 11.6 Å². The highest BCUT2D eigenvalue weighted by Crippen LogP contribution is 2.34. The number of amides is 1. The number of nitrogens with one attached hydrogen (secondary N) is 3. The van der Waals surface area contributed by atoms with Crippen LogP contribution in [0, 0.1) is 17.3 Å². The number of benzene rings is 3. The number of allylic oxidation sites excluding steroid dienone is 1. The van der Waals surface area contributed by atoms with Crippen molar-refractivity contribution in [3.8, 4) is 11.5 Å². The zero-order valence-electron chi connectivity index (χ0n) is 24.0. The summed E-state index contributed by atoms with van der Waals surface area (Å²) in [6.07, 6.45) is 1.50. The molecule has 0 radical (unpaired) electrons. The van der Waals surface area contributed by atoms with Crippen LogP contribution >= 0.6 is 57.4 Å². The smallest absolute Gasteiger partial charge is 0.338 e. The highest BCUT2D eigenvalue weighted by molar-refractivity contribution is 14.1. The summed E-state index contributed by atoms with van der Waals surface area (Å²) in [5, 5.41) is 21.5. The Morgan fingerprint density at radius 2 is 1.84 bits per heavy atom. The third-order valence-corrected chi connectivity index (χ3v) is 8.10. The second kappa shape index (κ2) is 15.9. The van der Waals surface area contributed by atoms with Crippen molar-refractivity contribution in [3.05, 3.63) is 106 Å². The first-order valence-corrected chi connectivity index (χ1v) is 16.0. The van der Waals surface area contributed by atoms with Gasteiger partial charge in [-0.3, -0.25) is 14.9 Å². The third-order valence-electron chi connectivity index (χ3n) is 6.28. The number of nitro groups is 1. The number of hydrogen-bond acceptors (Lipinski definition) is 9. The van der Waals surface area contributed by atoms with Gasteiger partial charge in [0.15, 0.2) is 11.7 Å². The van der Waals surface area contributed by atoms with E-state index in [1.807, 2.05) is 12.1 Å². The van der Waals surface area contributed by atoms with Crippen molar-refractivity contribution < 1.29 is 28.7 Å². The predicted molar refractivity (Wildman–Crippen MR) is 188 cm³/mol. The Hall–Kier alpha value is -3.84. The summed E-state index contributed by atoms with van der Waals surface area (Å²) >= 11 is 9.58. The summed E-state index contributed by atoms with van der Waals surface area (Å²) in [6.45, 7) is 3.52. The van der Waals surface area contributed by atoms with Gasteiger partial charge >= 0.3 is 5.97 Å². The molecule has 4 rings (SSSR count). The van der Waals surface area contributed by atoms with Crippen LogP contribution in [0.5, 0.6) is 11.5 Å². The fourth-order valence-electron chi connectivity index (χ4n) is 4.32. The normalized spacial score (nSPS) is 14.4. The van der Waals surface area contributed by atoms with Gasteiger partial charge in [-0.05, 0) is 101 Å². The average Bonchev–Trinajstić information content (AvgIpc) is 2.99. The Labute approximate surface area is 291 Å². The first-order valence-electron chi connectivity index (χ1n) is 13.4.